The Hall–Kier alpha value is -1.93. The normalized spacial score (nSPS) is 20.9. The third-order valence-electron chi connectivity index (χ3n) is 5.53. The molecule has 1 saturated carbocycles. The lowest BCUT2D eigenvalue weighted by atomic mass is 10.1. The van der Waals surface area contributed by atoms with E-state index in [-0.39, 0.29) is 48.5 Å². The molecule has 1 saturated heterocycles. The molecule has 1 aromatic rings. The van der Waals surface area contributed by atoms with E-state index in [2.05, 4.69) is 5.32 Å². The predicted octanol–water partition coefficient (Wildman–Crippen LogP) is 1.35. The minimum Gasteiger partial charge on any atom is -0.335 e. The molecular formula is C20H29N3O4S. The van der Waals surface area contributed by atoms with Gasteiger partial charge in [0, 0.05) is 17.8 Å². The van der Waals surface area contributed by atoms with Crippen molar-refractivity contribution in [3.8, 4) is 0 Å². The molecule has 2 fully saturated rings. The van der Waals surface area contributed by atoms with Gasteiger partial charge in [0.05, 0.1) is 24.6 Å². The molecular weight excluding hydrogens is 378 g/mol. The van der Waals surface area contributed by atoms with Crippen LogP contribution >= 0.6 is 0 Å². The Kier molecular flexibility index (Phi) is 6.09. The summed E-state index contributed by atoms with van der Waals surface area (Å²) in [5.41, 5.74) is 2.91. The molecule has 1 aliphatic heterocycles. The number of carbonyl (C=O) groups excluding carboxylic acids is 2. The summed E-state index contributed by atoms with van der Waals surface area (Å²) >= 11 is 0. The molecule has 154 valence electrons. The van der Waals surface area contributed by atoms with Gasteiger partial charge in [-0.1, -0.05) is 12.1 Å². The first-order chi connectivity index (χ1) is 13.2. The molecule has 8 heteroatoms. The first kappa shape index (κ1) is 20.8. The zero-order chi connectivity index (χ0) is 20.5. The van der Waals surface area contributed by atoms with Gasteiger partial charge in [0.15, 0.2) is 9.84 Å². The summed E-state index contributed by atoms with van der Waals surface area (Å²) in [7, 11) is -1.31. The molecule has 1 atom stereocenters. The topological polar surface area (TPSA) is 86.8 Å². The van der Waals surface area contributed by atoms with E-state index in [0.29, 0.717) is 6.42 Å². The van der Waals surface area contributed by atoms with Gasteiger partial charge in [-0.2, -0.15) is 0 Å². The number of carbonyl (C=O) groups is 2. The number of aryl methyl sites for hydroxylation is 1. The van der Waals surface area contributed by atoms with Gasteiger partial charge in [-0.25, -0.2) is 8.42 Å². The minimum atomic E-state index is -3.04. The van der Waals surface area contributed by atoms with E-state index in [9.17, 15) is 18.0 Å². The maximum Gasteiger partial charge on any atom is 0.238 e. The van der Waals surface area contributed by atoms with E-state index in [1.807, 2.05) is 32.0 Å². The van der Waals surface area contributed by atoms with Crippen LogP contribution in [0.2, 0.25) is 0 Å². The standard InChI is InChI=1S/C20H29N3O4S/c1-14-5-4-6-18(15(14)2)21-19(24)11-22(3)12-20(25)23(16-7-8-16)17-9-10-28(26,27)13-17/h4-6,16-17H,7-13H2,1-3H3,(H,21,24)/t17-/m1/s1. The van der Waals surface area contributed by atoms with Gasteiger partial charge in [0.1, 0.15) is 0 Å². The van der Waals surface area contributed by atoms with E-state index in [1.54, 1.807) is 16.8 Å². The van der Waals surface area contributed by atoms with E-state index < -0.39 is 9.84 Å². The molecule has 2 amide bonds. The van der Waals surface area contributed by atoms with Crippen LogP contribution in [0, 0.1) is 13.8 Å². The van der Waals surface area contributed by atoms with E-state index >= 15 is 0 Å². The molecule has 0 spiro atoms. The molecule has 28 heavy (non-hydrogen) atoms. The number of hydrogen-bond donors (Lipinski definition) is 1. The Morgan fingerprint density at radius 2 is 1.82 bits per heavy atom. The average Bonchev–Trinajstić information content (AvgIpc) is 3.35. The van der Waals surface area contributed by atoms with Crippen molar-refractivity contribution in [2.45, 2.75) is 45.2 Å². The number of benzene rings is 1. The van der Waals surface area contributed by atoms with Crippen LogP contribution in [-0.2, 0) is 19.4 Å². The van der Waals surface area contributed by atoms with Gasteiger partial charge in [0.25, 0.3) is 0 Å². The Morgan fingerprint density at radius 3 is 2.43 bits per heavy atom. The van der Waals surface area contributed by atoms with Gasteiger partial charge in [-0.05, 0) is 57.4 Å². The highest BCUT2D eigenvalue weighted by Crippen LogP contribution is 2.32. The number of rotatable bonds is 7. The maximum absolute atomic E-state index is 12.8. The van der Waals surface area contributed by atoms with Gasteiger partial charge in [-0.15, -0.1) is 0 Å². The molecule has 0 unspecified atom stereocenters. The number of sulfone groups is 1. The largest absolute Gasteiger partial charge is 0.335 e. The van der Waals surface area contributed by atoms with Crippen molar-refractivity contribution in [1.29, 1.82) is 0 Å². The fourth-order valence-electron chi connectivity index (χ4n) is 3.74. The van der Waals surface area contributed by atoms with Crippen LogP contribution in [-0.4, -0.2) is 73.8 Å². The van der Waals surface area contributed by atoms with E-state index in [0.717, 1.165) is 29.7 Å². The van der Waals surface area contributed by atoms with Gasteiger partial charge in [0.2, 0.25) is 11.8 Å². The first-order valence-corrected chi connectivity index (χ1v) is 11.5. The van der Waals surface area contributed by atoms with Crippen molar-refractivity contribution < 1.29 is 18.0 Å². The molecule has 1 N–H and O–H groups in total. The Labute approximate surface area is 167 Å². The maximum atomic E-state index is 12.8. The molecule has 1 heterocycles. The summed E-state index contributed by atoms with van der Waals surface area (Å²) < 4.78 is 23.6. The number of hydrogen-bond acceptors (Lipinski definition) is 5. The van der Waals surface area contributed by atoms with E-state index in [4.69, 9.17) is 0 Å². The molecule has 1 aliphatic carbocycles. The SMILES string of the molecule is Cc1cccc(NC(=O)CN(C)CC(=O)N(C2CC2)[C@@H]2CCS(=O)(=O)C2)c1C. The van der Waals surface area contributed by atoms with Crippen LogP contribution in [0.1, 0.15) is 30.4 Å². The molecule has 7 nitrogen and oxygen atoms in total. The average molecular weight is 408 g/mol. The second-order valence-corrected chi connectivity index (χ2v) is 10.3. The van der Waals surface area contributed by atoms with Gasteiger partial charge in [-0.3, -0.25) is 14.5 Å². The Morgan fingerprint density at radius 1 is 1.11 bits per heavy atom. The van der Waals surface area contributed by atoms with Crippen LogP contribution in [0.15, 0.2) is 18.2 Å². The summed E-state index contributed by atoms with van der Waals surface area (Å²) in [6.45, 7) is 4.15. The van der Waals surface area contributed by atoms with Crippen LogP contribution in [0.4, 0.5) is 5.69 Å². The number of amides is 2. The Balaban J connectivity index is 1.55. The van der Waals surface area contributed by atoms with Crippen molar-refractivity contribution in [3.63, 3.8) is 0 Å². The van der Waals surface area contributed by atoms with Gasteiger partial charge >= 0.3 is 0 Å². The smallest absolute Gasteiger partial charge is 0.238 e. The highest BCUT2D eigenvalue weighted by molar-refractivity contribution is 7.91. The number of nitrogens with zero attached hydrogens (tertiary/aromatic N) is 2. The lowest BCUT2D eigenvalue weighted by Crippen LogP contribution is -2.47. The molecule has 0 aromatic heterocycles. The highest BCUT2D eigenvalue weighted by atomic mass is 32.2. The van der Waals surface area contributed by atoms with Crippen molar-refractivity contribution in [2.75, 3.05) is 37.0 Å². The van der Waals surface area contributed by atoms with E-state index in [1.165, 1.54) is 0 Å². The minimum absolute atomic E-state index is 0.0616. The number of nitrogens with one attached hydrogen (secondary N) is 1. The lowest BCUT2D eigenvalue weighted by Gasteiger charge is -2.30. The summed E-state index contributed by atoms with van der Waals surface area (Å²) in [6.07, 6.45) is 2.37. The Bertz CT molecular complexity index is 864. The fourth-order valence-corrected chi connectivity index (χ4v) is 5.45. The molecule has 3 rings (SSSR count). The van der Waals surface area contributed by atoms with Crippen molar-refractivity contribution in [1.82, 2.24) is 9.80 Å². The summed E-state index contributed by atoms with van der Waals surface area (Å²) in [5, 5.41) is 2.90. The van der Waals surface area contributed by atoms with Crippen LogP contribution in [0.25, 0.3) is 0 Å². The third kappa shape index (κ3) is 5.11. The number of likely N-dealkylation sites (N-methyl/N-ethyl adjacent to an activating group) is 1. The first-order valence-electron chi connectivity index (χ1n) is 9.72. The van der Waals surface area contributed by atoms with Crippen LogP contribution in [0.3, 0.4) is 0 Å². The zero-order valence-electron chi connectivity index (χ0n) is 16.8. The van der Waals surface area contributed by atoms with Gasteiger partial charge < -0.3 is 10.2 Å². The predicted molar refractivity (Wildman–Crippen MR) is 109 cm³/mol. The molecule has 0 radical (unpaired) electrons. The highest BCUT2D eigenvalue weighted by Gasteiger charge is 2.42. The fraction of sp³-hybridized carbons (Fsp3) is 0.600. The molecule has 1 aromatic carbocycles. The molecule has 0 bridgehead atoms. The van der Waals surface area contributed by atoms with Crippen molar-refractivity contribution in [2.24, 2.45) is 0 Å². The lowest BCUT2D eigenvalue weighted by molar-refractivity contribution is -0.134. The number of anilines is 1. The van der Waals surface area contributed by atoms with Crippen molar-refractivity contribution >= 4 is 27.3 Å². The third-order valence-corrected chi connectivity index (χ3v) is 7.28. The van der Waals surface area contributed by atoms with Crippen LogP contribution < -0.4 is 5.32 Å². The quantitative estimate of drug-likeness (QED) is 0.737. The van der Waals surface area contributed by atoms with Crippen LogP contribution in [0.5, 0.6) is 0 Å². The summed E-state index contributed by atoms with van der Waals surface area (Å²) in [5.74, 6) is -0.0500. The summed E-state index contributed by atoms with van der Waals surface area (Å²) in [6, 6.07) is 5.69. The monoisotopic (exact) mass is 407 g/mol. The summed E-state index contributed by atoms with van der Waals surface area (Å²) in [4.78, 5) is 28.6. The second kappa shape index (κ2) is 8.21. The zero-order valence-corrected chi connectivity index (χ0v) is 17.6. The second-order valence-electron chi connectivity index (χ2n) is 8.06. The van der Waals surface area contributed by atoms with Crippen molar-refractivity contribution in [3.05, 3.63) is 29.3 Å². The molecule has 2 aliphatic rings.